The number of nitrogens with zero attached hydrogens (tertiary/aromatic N) is 2. The lowest BCUT2D eigenvalue weighted by atomic mass is 10.1. The average molecular weight is 349 g/mol. The summed E-state index contributed by atoms with van der Waals surface area (Å²) in [7, 11) is 0. The van der Waals surface area contributed by atoms with Gasteiger partial charge in [-0.1, -0.05) is 55.1 Å². The molecule has 0 aliphatic rings. The third kappa shape index (κ3) is 4.33. The summed E-state index contributed by atoms with van der Waals surface area (Å²) in [6.07, 6.45) is 3.45. The minimum Gasteiger partial charge on any atom is -0.489 e. The first-order valence-corrected chi connectivity index (χ1v) is 8.74. The van der Waals surface area contributed by atoms with Gasteiger partial charge in [0, 0.05) is 16.0 Å². The quantitative estimate of drug-likeness (QED) is 0.365. The van der Waals surface area contributed by atoms with Crippen LogP contribution in [-0.2, 0) is 0 Å². The highest BCUT2D eigenvalue weighted by Gasteiger charge is 2.08. The van der Waals surface area contributed by atoms with E-state index in [0.717, 1.165) is 32.6 Å². The number of para-hydroxylation sites is 1. The Balaban J connectivity index is 1.72. The molecule has 0 bridgehead atoms. The van der Waals surface area contributed by atoms with E-state index < -0.39 is 0 Å². The largest absolute Gasteiger partial charge is 0.489 e. The van der Waals surface area contributed by atoms with E-state index in [4.69, 9.17) is 4.74 Å². The number of hydrazone groups is 1. The van der Waals surface area contributed by atoms with Crippen molar-refractivity contribution in [2.24, 2.45) is 5.10 Å². The summed E-state index contributed by atoms with van der Waals surface area (Å²) in [4.78, 5) is 5.78. The maximum absolute atomic E-state index is 5.62. The van der Waals surface area contributed by atoms with Crippen molar-refractivity contribution in [2.45, 2.75) is 6.92 Å². The molecule has 0 radical (unpaired) electrons. The van der Waals surface area contributed by atoms with Crippen molar-refractivity contribution in [2.75, 3.05) is 12.0 Å². The van der Waals surface area contributed by atoms with E-state index in [9.17, 15) is 0 Å². The molecule has 0 saturated heterocycles. The van der Waals surface area contributed by atoms with Gasteiger partial charge in [0.2, 0.25) is 5.13 Å². The molecule has 0 amide bonds. The molecule has 4 nitrogen and oxygen atoms in total. The summed E-state index contributed by atoms with van der Waals surface area (Å²) < 4.78 is 5.62. The predicted octanol–water partition coefficient (Wildman–Crippen LogP) is 5.13. The van der Waals surface area contributed by atoms with Gasteiger partial charge in [0.1, 0.15) is 12.4 Å². The van der Waals surface area contributed by atoms with Gasteiger partial charge >= 0.3 is 0 Å². The summed E-state index contributed by atoms with van der Waals surface area (Å²) in [6.45, 7) is 6.19. The molecule has 3 aromatic rings. The third-order valence-electron chi connectivity index (χ3n) is 3.48. The van der Waals surface area contributed by atoms with Crippen molar-refractivity contribution in [3.8, 4) is 17.0 Å². The Morgan fingerprint density at radius 3 is 2.72 bits per heavy atom. The highest BCUT2D eigenvalue weighted by molar-refractivity contribution is 7.15. The number of rotatable bonds is 7. The summed E-state index contributed by atoms with van der Waals surface area (Å²) in [5, 5.41) is 5.06. The highest BCUT2D eigenvalue weighted by atomic mass is 32.1. The number of hydrogen-bond donors (Lipinski definition) is 1. The Kier molecular flexibility index (Phi) is 5.59. The lowest BCUT2D eigenvalue weighted by Gasteiger charge is -2.05. The second-order valence-electron chi connectivity index (χ2n) is 5.30. The predicted molar refractivity (Wildman–Crippen MR) is 106 cm³/mol. The van der Waals surface area contributed by atoms with Crippen LogP contribution < -0.4 is 10.2 Å². The maximum atomic E-state index is 5.62. The van der Waals surface area contributed by atoms with Crippen molar-refractivity contribution in [1.29, 1.82) is 0 Å². The number of aromatic nitrogens is 1. The number of anilines is 1. The second kappa shape index (κ2) is 8.26. The van der Waals surface area contributed by atoms with Gasteiger partial charge in [-0.3, -0.25) is 5.43 Å². The van der Waals surface area contributed by atoms with Gasteiger partial charge < -0.3 is 4.74 Å². The molecule has 1 N–H and O–H groups in total. The number of hydrogen-bond acceptors (Lipinski definition) is 5. The Hall–Kier alpha value is -2.92. The van der Waals surface area contributed by atoms with Crippen LogP contribution in [-0.4, -0.2) is 17.8 Å². The minimum absolute atomic E-state index is 0.463. The molecule has 0 aliphatic carbocycles. The molecular weight excluding hydrogens is 330 g/mol. The van der Waals surface area contributed by atoms with Gasteiger partial charge in [0.15, 0.2) is 0 Å². The summed E-state index contributed by atoms with van der Waals surface area (Å²) in [5.41, 5.74) is 6.00. The van der Waals surface area contributed by atoms with Gasteiger partial charge in [-0.05, 0) is 19.1 Å². The van der Waals surface area contributed by atoms with Crippen molar-refractivity contribution in [3.63, 3.8) is 0 Å². The first-order valence-electron chi connectivity index (χ1n) is 7.92. The van der Waals surface area contributed by atoms with E-state index in [1.54, 1.807) is 23.6 Å². The molecule has 0 fully saturated rings. The van der Waals surface area contributed by atoms with Crippen LogP contribution in [0.1, 0.15) is 10.4 Å². The number of aryl methyl sites for hydroxylation is 1. The van der Waals surface area contributed by atoms with Crippen molar-refractivity contribution in [1.82, 2.24) is 4.98 Å². The Morgan fingerprint density at radius 1 is 1.16 bits per heavy atom. The highest BCUT2D eigenvalue weighted by Crippen LogP contribution is 2.30. The van der Waals surface area contributed by atoms with Crippen molar-refractivity contribution >= 4 is 22.7 Å². The van der Waals surface area contributed by atoms with E-state index in [0.29, 0.717) is 6.61 Å². The number of ether oxygens (including phenoxy) is 1. The molecule has 0 unspecified atom stereocenters. The van der Waals surface area contributed by atoms with E-state index in [1.165, 1.54) is 0 Å². The number of thiazole rings is 1. The zero-order chi connectivity index (χ0) is 17.5. The van der Waals surface area contributed by atoms with Crippen LogP contribution in [0, 0.1) is 6.92 Å². The monoisotopic (exact) mass is 349 g/mol. The van der Waals surface area contributed by atoms with Crippen molar-refractivity contribution in [3.05, 3.63) is 77.7 Å². The van der Waals surface area contributed by atoms with Crippen LogP contribution in [0.25, 0.3) is 11.3 Å². The van der Waals surface area contributed by atoms with Gasteiger partial charge in [-0.2, -0.15) is 5.10 Å². The lowest BCUT2D eigenvalue weighted by molar-refractivity contribution is 0.363. The molecule has 5 heteroatoms. The fourth-order valence-corrected chi connectivity index (χ4v) is 3.12. The smallest absolute Gasteiger partial charge is 0.204 e. The summed E-state index contributed by atoms with van der Waals surface area (Å²) in [5.74, 6) is 0.772. The standard InChI is InChI=1S/C20H19N3OS/c1-3-13-24-18-12-8-7-11-17(18)14-21-23-20-22-19(15(2)25-20)16-9-5-4-6-10-16/h3-12,14H,1,13H2,2H3,(H,22,23)/b21-14-. The van der Waals surface area contributed by atoms with Crippen LogP contribution in [0.5, 0.6) is 5.75 Å². The SMILES string of the molecule is C=CCOc1ccccc1/C=N\Nc1nc(-c2ccccc2)c(C)s1. The first-order chi connectivity index (χ1) is 12.3. The zero-order valence-electron chi connectivity index (χ0n) is 14.0. The Bertz CT molecular complexity index is 872. The molecule has 1 aromatic heterocycles. The van der Waals surface area contributed by atoms with E-state index in [-0.39, 0.29) is 0 Å². The average Bonchev–Trinajstić information content (AvgIpc) is 3.02. The molecule has 25 heavy (non-hydrogen) atoms. The van der Waals surface area contributed by atoms with E-state index in [1.807, 2.05) is 42.5 Å². The van der Waals surface area contributed by atoms with Gasteiger partial charge in [-0.15, -0.1) is 11.3 Å². The number of nitrogens with one attached hydrogen (secondary N) is 1. The molecular formula is C20H19N3OS. The molecule has 3 rings (SSSR count). The number of benzene rings is 2. The molecule has 2 aromatic carbocycles. The van der Waals surface area contributed by atoms with E-state index in [2.05, 4.69) is 41.1 Å². The topological polar surface area (TPSA) is 46.5 Å². The fraction of sp³-hybridized carbons (Fsp3) is 0.100. The lowest BCUT2D eigenvalue weighted by Crippen LogP contribution is -1.97. The van der Waals surface area contributed by atoms with E-state index >= 15 is 0 Å². The van der Waals surface area contributed by atoms with Gasteiger partial charge in [0.25, 0.3) is 0 Å². The minimum atomic E-state index is 0.463. The summed E-state index contributed by atoms with van der Waals surface area (Å²) >= 11 is 1.58. The normalized spacial score (nSPS) is 10.8. The molecule has 0 saturated carbocycles. The molecule has 0 atom stereocenters. The molecule has 1 heterocycles. The fourth-order valence-electron chi connectivity index (χ4n) is 2.33. The van der Waals surface area contributed by atoms with Crippen LogP contribution >= 0.6 is 11.3 Å². The molecule has 126 valence electrons. The first kappa shape index (κ1) is 16.9. The van der Waals surface area contributed by atoms with Gasteiger partial charge in [0.05, 0.1) is 11.9 Å². The summed E-state index contributed by atoms with van der Waals surface area (Å²) in [6, 6.07) is 17.9. The second-order valence-corrected chi connectivity index (χ2v) is 6.50. The Morgan fingerprint density at radius 2 is 1.92 bits per heavy atom. The molecule has 0 aliphatic heterocycles. The Labute approximate surface area is 151 Å². The third-order valence-corrected chi connectivity index (χ3v) is 4.36. The van der Waals surface area contributed by atoms with Crippen LogP contribution in [0.2, 0.25) is 0 Å². The van der Waals surface area contributed by atoms with Gasteiger partial charge in [-0.25, -0.2) is 4.98 Å². The zero-order valence-corrected chi connectivity index (χ0v) is 14.8. The van der Waals surface area contributed by atoms with Crippen molar-refractivity contribution < 1.29 is 4.74 Å². The van der Waals surface area contributed by atoms with Crippen LogP contribution in [0.4, 0.5) is 5.13 Å². The van der Waals surface area contributed by atoms with Crippen LogP contribution in [0.3, 0.4) is 0 Å². The maximum Gasteiger partial charge on any atom is 0.204 e. The van der Waals surface area contributed by atoms with Crippen LogP contribution in [0.15, 0.2) is 72.4 Å². The molecule has 0 spiro atoms.